The molecule has 0 heterocycles. The Morgan fingerprint density at radius 1 is 1.10 bits per heavy atom. The Hall–Kier alpha value is -1.79. The molecule has 0 aliphatic rings. The van der Waals surface area contributed by atoms with Crippen molar-refractivity contribution < 1.29 is 9.59 Å². The lowest BCUT2D eigenvalue weighted by Gasteiger charge is -2.12. The highest BCUT2D eigenvalue weighted by atomic mass is 35.5. The number of amides is 3. The molecule has 1 rings (SSSR count). The van der Waals surface area contributed by atoms with Gasteiger partial charge in [-0.25, -0.2) is 4.79 Å². The number of urea groups is 1. The number of nitrogens with one attached hydrogen (secondary N) is 3. The van der Waals surface area contributed by atoms with Gasteiger partial charge in [0.05, 0.1) is 6.04 Å². The van der Waals surface area contributed by atoms with E-state index < -0.39 is 6.04 Å². The zero-order chi connectivity index (χ0) is 15.1. The first kappa shape index (κ1) is 19.2. The van der Waals surface area contributed by atoms with Crippen molar-refractivity contribution in [2.45, 2.75) is 39.3 Å². The molecule has 0 aliphatic heterocycles. The molecule has 0 aliphatic carbocycles. The SMILES string of the molecule is CC[C@H](N)C(=O)Nc1ccc(NC(=O)NC(C)C)cc1.Cl. The largest absolute Gasteiger partial charge is 0.336 e. The first-order valence-corrected chi connectivity index (χ1v) is 6.66. The molecular weight excluding hydrogens is 292 g/mol. The minimum Gasteiger partial charge on any atom is -0.336 e. The molecule has 1 aromatic rings. The number of hydrogen-bond acceptors (Lipinski definition) is 3. The van der Waals surface area contributed by atoms with Gasteiger partial charge in [0.15, 0.2) is 0 Å². The molecule has 0 unspecified atom stereocenters. The third kappa shape index (κ3) is 6.97. The van der Waals surface area contributed by atoms with Crippen LogP contribution in [-0.2, 0) is 4.79 Å². The second-order valence-electron chi connectivity index (χ2n) is 4.83. The summed E-state index contributed by atoms with van der Waals surface area (Å²) in [5.41, 5.74) is 6.93. The van der Waals surface area contributed by atoms with Crippen LogP contribution in [0.2, 0.25) is 0 Å². The molecule has 6 nitrogen and oxygen atoms in total. The van der Waals surface area contributed by atoms with Crippen LogP contribution in [0.5, 0.6) is 0 Å². The first-order chi connectivity index (χ1) is 9.42. The van der Waals surface area contributed by atoms with Gasteiger partial charge in [-0.05, 0) is 44.5 Å². The summed E-state index contributed by atoms with van der Waals surface area (Å²) in [5.74, 6) is -0.217. The minimum absolute atomic E-state index is 0. The third-order valence-electron chi connectivity index (χ3n) is 2.61. The van der Waals surface area contributed by atoms with Crippen LogP contribution in [0, 0.1) is 0 Å². The average Bonchev–Trinajstić information content (AvgIpc) is 2.39. The molecular formula is C14H23ClN4O2. The second kappa shape index (κ2) is 9.20. The number of rotatable bonds is 5. The number of nitrogens with two attached hydrogens (primary N) is 1. The van der Waals surface area contributed by atoms with Crippen LogP contribution in [0.1, 0.15) is 27.2 Å². The molecule has 5 N–H and O–H groups in total. The van der Waals surface area contributed by atoms with E-state index >= 15 is 0 Å². The highest BCUT2D eigenvalue weighted by Crippen LogP contribution is 2.13. The molecule has 7 heteroatoms. The topological polar surface area (TPSA) is 96.2 Å². The highest BCUT2D eigenvalue weighted by molar-refractivity contribution is 5.95. The van der Waals surface area contributed by atoms with Gasteiger partial charge in [0.25, 0.3) is 0 Å². The Bertz CT molecular complexity index is 463. The van der Waals surface area contributed by atoms with E-state index in [2.05, 4.69) is 16.0 Å². The Labute approximate surface area is 131 Å². The van der Waals surface area contributed by atoms with Gasteiger partial charge in [-0.3, -0.25) is 4.79 Å². The van der Waals surface area contributed by atoms with E-state index in [1.54, 1.807) is 24.3 Å². The van der Waals surface area contributed by atoms with Gasteiger partial charge in [0.2, 0.25) is 5.91 Å². The van der Waals surface area contributed by atoms with Crippen molar-refractivity contribution in [2.24, 2.45) is 5.73 Å². The lowest BCUT2D eigenvalue weighted by Crippen LogP contribution is -2.35. The summed E-state index contributed by atoms with van der Waals surface area (Å²) >= 11 is 0. The Balaban J connectivity index is 0.00000400. The standard InChI is InChI=1S/C14H22N4O2.ClH/c1-4-12(15)13(19)17-10-5-7-11(8-6-10)18-14(20)16-9(2)3;/h5-9,12H,4,15H2,1-3H3,(H,17,19)(H2,16,18,20);1H/t12-;/m0./s1. The molecule has 0 radical (unpaired) electrons. The molecule has 3 amide bonds. The van der Waals surface area contributed by atoms with Crippen LogP contribution in [-0.4, -0.2) is 24.0 Å². The van der Waals surface area contributed by atoms with Crippen LogP contribution in [0.25, 0.3) is 0 Å². The highest BCUT2D eigenvalue weighted by Gasteiger charge is 2.10. The molecule has 1 atom stereocenters. The number of benzene rings is 1. The van der Waals surface area contributed by atoms with Crippen LogP contribution in [0.4, 0.5) is 16.2 Å². The second-order valence-corrected chi connectivity index (χ2v) is 4.83. The minimum atomic E-state index is -0.510. The van der Waals surface area contributed by atoms with Crippen molar-refractivity contribution in [1.29, 1.82) is 0 Å². The van der Waals surface area contributed by atoms with Crippen LogP contribution in [0.3, 0.4) is 0 Å². The smallest absolute Gasteiger partial charge is 0.319 e. The van der Waals surface area contributed by atoms with Gasteiger partial charge in [0.1, 0.15) is 0 Å². The molecule has 0 saturated carbocycles. The van der Waals surface area contributed by atoms with E-state index in [1.165, 1.54) is 0 Å². The Morgan fingerprint density at radius 2 is 1.57 bits per heavy atom. The van der Waals surface area contributed by atoms with Crippen LogP contribution >= 0.6 is 12.4 Å². The number of carbonyl (C=O) groups excluding carboxylic acids is 2. The number of hydrogen-bond donors (Lipinski definition) is 4. The van der Waals surface area contributed by atoms with Crippen LogP contribution < -0.4 is 21.7 Å². The van der Waals surface area contributed by atoms with Crippen molar-refractivity contribution >= 4 is 35.7 Å². The van der Waals surface area contributed by atoms with E-state index in [4.69, 9.17) is 5.73 Å². The third-order valence-corrected chi connectivity index (χ3v) is 2.61. The van der Waals surface area contributed by atoms with E-state index in [0.717, 1.165) is 0 Å². The summed E-state index contributed by atoms with van der Waals surface area (Å²) in [7, 11) is 0. The number of halogens is 1. The van der Waals surface area contributed by atoms with Crippen molar-refractivity contribution in [3.8, 4) is 0 Å². The van der Waals surface area contributed by atoms with Crippen molar-refractivity contribution in [2.75, 3.05) is 10.6 Å². The molecule has 118 valence electrons. The summed E-state index contributed by atoms with van der Waals surface area (Å²) in [6.45, 7) is 5.62. The molecule has 1 aromatic carbocycles. The maximum atomic E-state index is 11.6. The summed E-state index contributed by atoms with van der Waals surface area (Å²) in [6, 6.07) is 6.16. The predicted octanol–water partition coefficient (Wildman–Crippen LogP) is 2.31. The van der Waals surface area contributed by atoms with E-state index in [0.29, 0.717) is 17.8 Å². The molecule has 0 bridgehead atoms. The van der Waals surface area contributed by atoms with Gasteiger partial charge in [-0.1, -0.05) is 6.92 Å². The zero-order valence-electron chi connectivity index (χ0n) is 12.5. The van der Waals surface area contributed by atoms with Gasteiger partial charge in [-0.2, -0.15) is 0 Å². The molecule has 21 heavy (non-hydrogen) atoms. The Kier molecular flexibility index (Phi) is 8.42. The zero-order valence-corrected chi connectivity index (χ0v) is 13.3. The maximum Gasteiger partial charge on any atom is 0.319 e. The molecule has 0 fully saturated rings. The normalized spacial score (nSPS) is 11.3. The number of carbonyl (C=O) groups is 2. The van der Waals surface area contributed by atoms with Crippen LogP contribution in [0.15, 0.2) is 24.3 Å². The Morgan fingerprint density at radius 3 is 2.00 bits per heavy atom. The fourth-order valence-corrected chi connectivity index (χ4v) is 1.49. The summed E-state index contributed by atoms with van der Waals surface area (Å²) in [6.07, 6.45) is 0.584. The summed E-state index contributed by atoms with van der Waals surface area (Å²) in [4.78, 5) is 23.1. The van der Waals surface area contributed by atoms with Crippen molar-refractivity contribution in [3.63, 3.8) is 0 Å². The quantitative estimate of drug-likeness (QED) is 0.671. The predicted molar refractivity (Wildman–Crippen MR) is 87.9 cm³/mol. The molecule has 0 spiro atoms. The summed E-state index contributed by atoms with van der Waals surface area (Å²) in [5, 5.41) is 8.14. The van der Waals surface area contributed by atoms with Gasteiger partial charge in [0, 0.05) is 17.4 Å². The fourth-order valence-electron chi connectivity index (χ4n) is 1.49. The fraction of sp³-hybridized carbons (Fsp3) is 0.429. The number of anilines is 2. The summed E-state index contributed by atoms with van der Waals surface area (Å²) < 4.78 is 0. The monoisotopic (exact) mass is 314 g/mol. The molecule has 0 aromatic heterocycles. The van der Waals surface area contributed by atoms with Gasteiger partial charge in [-0.15, -0.1) is 12.4 Å². The van der Waals surface area contributed by atoms with Crippen molar-refractivity contribution in [3.05, 3.63) is 24.3 Å². The van der Waals surface area contributed by atoms with Gasteiger partial charge < -0.3 is 21.7 Å². The van der Waals surface area contributed by atoms with E-state index in [9.17, 15) is 9.59 Å². The lowest BCUT2D eigenvalue weighted by molar-refractivity contribution is -0.117. The first-order valence-electron chi connectivity index (χ1n) is 6.66. The van der Waals surface area contributed by atoms with E-state index in [1.807, 2.05) is 20.8 Å². The lowest BCUT2D eigenvalue weighted by atomic mass is 10.2. The van der Waals surface area contributed by atoms with Gasteiger partial charge >= 0.3 is 6.03 Å². The average molecular weight is 315 g/mol. The maximum absolute atomic E-state index is 11.6. The van der Waals surface area contributed by atoms with Crippen molar-refractivity contribution in [1.82, 2.24) is 5.32 Å². The van der Waals surface area contributed by atoms with E-state index in [-0.39, 0.29) is 30.4 Å². The molecule has 0 saturated heterocycles.